The van der Waals surface area contributed by atoms with Crippen LogP contribution in [0.2, 0.25) is 0 Å². The van der Waals surface area contributed by atoms with E-state index in [2.05, 4.69) is 17.6 Å². The zero-order valence-corrected chi connectivity index (χ0v) is 12.8. The molecule has 5 heteroatoms. The van der Waals surface area contributed by atoms with Crippen LogP contribution >= 0.6 is 12.6 Å². The van der Waals surface area contributed by atoms with Crippen molar-refractivity contribution in [3.63, 3.8) is 0 Å². The number of pyridine rings is 1. The first-order chi connectivity index (χ1) is 10.8. The van der Waals surface area contributed by atoms with E-state index in [1.165, 1.54) is 0 Å². The van der Waals surface area contributed by atoms with Crippen molar-refractivity contribution >= 4 is 23.5 Å². The number of aromatic nitrogens is 1. The van der Waals surface area contributed by atoms with E-state index in [9.17, 15) is 0 Å². The smallest absolute Gasteiger partial charge is 0.231 e. The lowest BCUT2D eigenvalue weighted by Gasteiger charge is -2.12. The minimum atomic E-state index is 0.259. The summed E-state index contributed by atoms with van der Waals surface area (Å²) in [6, 6.07) is 11.6. The highest BCUT2D eigenvalue weighted by Crippen LogP contribution is 2.40. The molecule has 0 atom stereocenters. The number of hydrogen-bond donors (Lipinski definition) is 1. The first kappa shape index (κ1) is 13.3. The van der Waals surface area contributed by atoms with Crippen molar-refractivity contribution in [1.82, 2.24) is 4.98 Å². The molecule has 110 valence electrons. The minimum absolute atomic E-state index is 0.259. The van der Waals surface area contributed by atoms with Gasteiger partial charge in [0.15, 0.2) is 11.5 Å². The molecule has 0 unspecified atom stereocenters. The van der Waals surface area contributed by atoms with Crippen molar-refractivity contribution in [2.45, 2.75) is 4.90 Å². The number of nitrogens with zero attached hydrogens (tertiary/aromatic N) is 1. The zero-order valence-electron chi connectivity index (χ0n) is 11.9. The fourth-order valence-corrected chi connectivity index (χ4v) is 2.85. The average Bonchev–Trinajstić information content (AvgIpc) is 3.01. The van der Waals surface area contributed by atoms with Crippen LogP contribution in [0.4, 0.5) is 0 Å². The van der Waals surface area contributed by atoms with Gasteiger partial charge in [0.25, 0.3) is 0 Å². The first-order valence-electron chi connectivity index (χ1n) is 6.82. The van der Waals surface area contributed by atoms with E-state index in [-0.39, 0.29) is 6.79 Å². The van der Waals surface area contributed by atoms with Gasteiger partial charge in [0.2, 0.25) is 6.79 Å². The Bertz CT molecular complexity index is 879. The third kappa shape index (κ3) is 2.05. The van der Waals surface area contributed by atoms with Crippen molar-refractivity contribution in [3.8, 4) is 28.4 Å². The molecule has 2 aromatic carbocycles. The lowest BCUT2D eigenvalue weighted by molar-refractivity contribution is 0.174. The Kier molecular flexibility index (Phi) is 3.08. The highest BCUT2D eigenvalue weighted by Gasteiger charge is 2.17. The van der Waals surface area contributed by atoms with Gasteiger partial charge in [-0.05, 0) is 35.9 Å². The number of rotatable bonds is 2. The molecule has 0 saturated heterocycles. The molecule has 4 rings (SSSR count). The van der Waals surface area contributed by atoms with Crippen molar-refractivity contribution in [3.05, 3.63) is 42.6 Å². The van der Waals surface area contributed by atoms with Gasteiger partial charge in [-0.3, -0.25) is 4.98 Å². The van der Waals surface area contributed by atoms with Gasteiger partial charge < -0.3 is 14.2 Å². The summed E-state index contributed by atoms with van der Waals surface area (Å²) < 4.78 is 16.4. The van der Waals surface area contributed by atoms with Crippen LogP contribution in [-0.2, 0) is 0 Å². The van der Waals surface area contributed by atoms with Crippen molar-refractivity contribution in [1.29, 1.82) is 0 Å². The quantitative estimate of drug-likeness (QED) is 0.728. The Balaban J connectivity index is 1.94. The summed E-state index contributed by atoms with van der Waals surface area (Å²) in [5.41, 5.74) is 2.76. The lowest BCUT2D eigenvalue weighted by Crippen LogP contribution is -1.93. The summed E-state index contributed by atoms with van der Waals surface area (Å²) in [4.78, 5) is 5.39. The molecule has 0 saturated carbocycles. The maximum Gasteiger partial charge on any atom is 0.231 e. The number of ether oxygens (including phenoxy) is 3. The number of thiol groups is 1. The fraction of sp³-hybridized carbons (Fsp3) is 0.118. The van der Waals surface area contributed by atoms with Crippen LogP contribution in [0.3, 0.4) is 0 Å². The molecular formula is C17H13NO3S. The average molecular weight is 311 g/mol. The molecule has 3 aromatic rings. The largest absolute Gasteiger partial charge is 0.495 e. The zero-order chi connectivity index (χ0) is 15.1. The van der Waals surface area contributed by atoms with Gasteiger partial charge in [-0.1, -0.05) is 6.07 Å². The predicted molar refractivity (Wildman–Crippen MR) is 87.1 cm³/mol. The lowest BCUT2D eigenvalue weighted by atomic mass is 10.0. The second-order valence-corrected chi connectivity index (χ2v) is 5.49. The van der Waals surface area contributed by atoms with E-state index >= 15 is 0 Å². The van der Waals surface area contributed by atoms with Gasteiger partial charge in [0, 0.05) is 22.0 Å². The maximum absolute atomic E-state index is 5.64. The Morgan fingerprint density at radius 3 is 2.82 bits per heavy atom. The summed E-state index contributed by atoms with van der Waals surface area (Å²) >= 11 is 4.40. The Morgan fingerprint density at radius 1 is 1.09 bits per heavy atom. The number of hydrogen-bond acceptors (Lipinski definition) is 5. The highest BCUT2D eigenvalue weighted by atomic mass is 32.1. The summed E-state index contributed by atoms with van der Waals surface area (Å²) in [6.07, 6.45) is 1.82. The third-order valence-corrected chi connectivity index (χ3v) is 3.97. The molecular weight excluding hydrogens is 298 g/mol. The molecule has 4 nitrogen and oxygen atoms in total. The van der Waals surface area contributed by atoms with Gasteiger partial charge in [-0.2, -0.15) is 0 Å². The summed E-state index contributed by atoms with van der Waals surface area (Å²) in [5.74, 6) is 2.27. The van der Waals surface area contributed by atoms with E-state index in [4.69, 9.17) is 14.2 Å². The number of fused-ring (bicyclic) bond motifs is 2. The molecule has 1 aliphatic heterocycles. The Labute approximate surface area is 133 Å². The van der Waals surface area contributed by atoms with E-state index in [1.807, 2.05) is 42.6 Å². The van der Waals surface area contributed by atoms with Crippen LogP contribution in [0.15, 0.2) is 47.5 Å². The first-order valence-corrected chi connectivity index (χ1v) is 7.27. The van der Waals surface area contributed by atoms with Crippen LogP contribution in [-0.4, -0.2) is 18.9 Å². The maximum atomic E-state index is 5.64. The Morgan fingerprint density at radius 2 is 1.95 bits per heavy atom. The predicted octanol–water partition coefficient (Wildman–Crippen LogP) is 3.93. The molecule has 0 N–H and O–H groups in total. The topological polar surface area (TPSA) is 40.6 Å². The van der Waals surface area contributed by atoms with E-state index in [0.717, 1.165) is 44.2 Å². The normalized spacial score (nSPS) is 12.6. The van der Waals surface area contributed by atoms with Crippen LogP contribution in [0.1, 0.15) is 0 Å². The molecule has 1 aliphatic rings. The van der Waals surface area contributed by atoms with Crippen molar-refractivity contribution < 1.29 is 14.2 Å². The highest BCUT2D eigenvalue weighted by molar-refractivity contribution is 7.80. The van der Waals surface area contributed by atoms with Gasteiger partial charge in [0.05, 0.1) is 12.6 Å². The molecule has 0 radical (unpaired) electrons. The van der Waals surface area contributed by atoms with E-state index in [1.54, 1.807) is 7.11 Å². The Hall–Kier alpha value is -2.40. The standard InChI is InChI=1S/C17H13NO3S/c1-19-17-12-7-11(22)3-4-14(12)18-8-13(17)10-2-5-15-16(6-10)21-9-20-15/h2-8,22H,9H2,1H3. The SMILES string of the molecule is COc1c(-c2ccc3c(c2)OCO3)cnc2ccc(S)cc12. The molecule has 0 fully saturated rings. The van der Waals surface area contributed by atoms with Gasteiger partial charge in [-0.25, -0.2) is 0 Å². The molecule has 0 spiro atoms. The molecule has 0 aliphatic carbocycles. The van der Waals surface area contributed by atoms with Crippen molar-refractivity contribution in [2.75, 3.05) is 13.9 Å². The van der Waals surface area contributed by atoms with E-state index < -0.39 is 0 Å². The molecule has 1 aromatic heterocycles. The van der Waals surface area contributed by atoms with Crippen LogP contribution in [0, 0.1) is 0 Å². The summed E-state index contributed by atoms with van der Waals surface area (Å²) in [6.45, 7) is 0.259. The van der Waals surface area contributed by atoms with Gasteiger partial charge in [-0.15, -0.1) is 12.6 Å². The molecule has 0 amide bonds. The second-order valence-electron chi connectivity index (χ2n) is 4.97. The van der Waals surface area contributed by atoms with Crippen molar-refractivity contribution in [2.24, 2.45) is 0 Å². The van der Waals surface area contributed by atoms with Crippen LogP contribution in [0.25, 0.3) is 22.0 Å². The molecule has 22 heavy (non-hydrogen) atoms. The minimum Gasteiger partial charge on any atom is -0.495 e. The van der Waals surface area contributed by atoms with Gasteiger partial charge >= 0.3 is 0 Å². The summed E-state index contributed by atoms with van der Waals surface area (Å²) in [5, 5.41) is 0.935. The number of methoxy groups -OCH3 is 1. The molecule has 2 heterocycles. The second kappa shape index (κ2) is 5.10. The van der Waals surface area contributed by atoms with Crippen LogP contribution in [0.5, 0.6) is 17.2 Å². The van der Waals surface area contributed by atoms with Crippen LogP contribution < -0.4 is 14.2 Å². The third-order valence-electron chi connectivity index (χ3n) is 3.69. The monoisotopic (exact) mass is 311 g/mol. The van der Waals surface area contributed by atoms with E-state index in [0.29, 0.717) is 0 Å². The number of benzene rings is 2. The fourth-order valence-electron chi connectivity index (χ4n) is 2.65. The molecule has 0 bridgehead atoms. The van der Waals surface area contributed by atoms with Gasteiger partial charge in [0.1, 0.15) is 5.75 Å². The summed E-state index contributed by atoms with van der Waals surface area (Å²) in [7, 11) is 1.66.